The topological polar surface area (TPSA) is 21.3 Å². The lowest BCUT2D eigenvalue weighted by Crippen LogP contribution is -2.44. The van der Waals surface area contributed by atoms with Crippen molar-refractivity contribution in [1.29, 1.82) is 0 Å². The van der Waals surface area contributed by atoms with Gasteiger partial charge in [0.2, 0.25) is 0 Å². The molecular weight excluding hydrogens is 236 g/mol. The molecule has 1 N–H and O–H groups in total. The van der Waals surface area contributed by atoms with E-state index in [1.807, 2.05) is 6.92 Å². The summed E-state index contributed by atoms with van der Waals surface area (Å²) in [5, 5.41) is 3.12. The Hall–Kier alpha value is -1.00. The van der Waals surface area contributed by atoms with Crippen molar-refractivity contribution >= 4 is 0 Å². The summed E-state index contributed by atoms with van der Waals surface area (Å²) in [6.07, 6.45) is 3.01. The lowest BCUT2D eigenvalue weighted by molar-refractivity contribution is -0.0885. The fourth-order valence-corrected chi connectivity index (χ4v) is 2.75. The first-order valence-corrected chi connectivity index (χ1v) is 6.32. The van der Waals surface area contributed by atoms with Crippen molar-refractivity contribution in [3.8, 4) is 0 Å². The molecular formula is C14H19F2NO. The van der Waals surface area contributed by atoms with Gasteiger partial charge in [0.15, 0.2) is 0 Å². The number of nitrogens with one attached hydrogen (secondary N) is 1. The highest BCUT2D eigenvalue weighted by atomic mass is 19.1. The highest BCUT2D eigenvalue weighted by Crippen LogP contribution is 2.36. The number of hydrogen-bond donors (Lipinski definition) is 1. The normalized spacial score (nSPS) is 26.0. The van der Waals surface area contributed by atoms with Crippen LogP contribution in [-0.4, -0.2) is 19.3 Å². The van der Waals surface area contributed by atoms with Crippen LogP contribution in [0.15, 0.2) is 18.2 Å². The van der Waals surface area contributed by atoms with Gasteiger partial charge in [0.05, 0.1) is 11.6 Å². The first kappa shape index (κ1) is 13.4. The van der Waals surface area contributed by atoms with Crippen molar-refractivity contribution in [3.63, 3.8) is 0 Å². The van der Waals surface area contributed by atoms with Crippen molar-refractivity contribution in [2.24, 2.45) is 0 Å². The van der Waals surface area contributed by atoms with Crippen LogP contribution in [0.5, 0.6) is 0 Å². The third-order valence-corrected chi connectivity index (χ3v) is 3.62. The highest BCUT2D eigenvalue weighted by Gasteiger charge is 2.37. The maximum atomic E-state index is 13.3. The number of likely N-dealkylation sites (N-methyl/N-ethyl adjacent to an activating group) is 1. The minimum atomic E-state index is -0.551. The van der Waals surface area contributed by atoms with Gasteiger partial charge in [-0.25, -0.2) is 8.78 Å². The van der Waals surface area contributed by atoms with Crippen LogP contribution in [0, 0.1) is 11.6 Å². The summed E-state index contributed by atoms with van der Waals surface area (Å²) < 4.78 is 32.5. The molecule has 0 aliphatic carbocycles. The summed E-state index contributed by atoms with van der Waals surface area (Å²) >= 11 is 0. The smallest absolute Gasteiger partial charge is 0.126 e. The van der Waals surface area contributed by atoms with Gasteiger partial charge in [-0.05, 0) is 50.9 Å². The molecule has 1 aromatic carbocycles. The van der Waals surface area contributed by atoms with E-state index in [1.165, 1.54) is 12.1 Å². The molecule has 2 unspecified atom stereocenters. The Kier molecular flexibility index (Phi) is 3.97. The SMILES string of the molecule is CNC(c1cc(F)cc(F)c1)C1(C)CCCCO1. The second kappa shape index (κ2) is 5.33. The van der Waals surface area contributed by atoms with Crippen molar-refractivity contribution in [2.75, 3.05) is 13.7 Å². The summed E-state index contributed by atoms with van der Waals surface area (Å²) in [7, 11) is 1.79. The second-order valence-electron chi connectivity index (χ2n) is 5.04. The largest absolute Gasteiger partial charge is 0.373 e. The second-order valence-corrected chi connectivity index (χ2v) is 5.04. The predicted molar refractivity (Wildman–Crippen MR) is 66.4 cm³/mol. The molecule has 4 heteroatoms. The molecule has 1 aliphatic heterocycles. The molecule has 0 spiro atoms. The minimum Gasteiger partial charge on any atom is -0.373 e. The van der Waals surface area contributed by atoms with Crippen LogP contribution in [0.25, 0.3) is 0 Å². The molecule has 1 aliphatic rings. The summed E-state index contributed by atoms with van der Waals surface area (Å²) in [6, 6.07) is 3.42. The van der Waals surface area contributed by atoms with Crippen molar-refractivity contribution < 1.29 is 13.5 Å². The van der Waals surface area contributed by atoms with Gasteiger partial charge < -0.3 is 10.1 Å². The molecule has 2 nitrogen and oxygen atoms in total. The number of rotatable bonds is 3. The molecule has 0 aromatic heterocycles. The van der Waals surface area contributed by atoms with Crippen molar-refractivity contribution in [2.45, 2.75) is 37.8 Å². The minimum absolute atomic E-state index is 0.206. The van der Waals surface area contributed by atoms with Gasteiger partial charge in [0, 0.05) is 12.7 Å². The van der Waals surface area contributed by atoms with E-state index in [4.69, 9.17) is 4.74 Å². The van der Waals surface area contributed by atoms with Crippen LogP contribution in [0.1, 0.15) is 37.8 Å². The third-order valence-electron chi connectivity index (χ3n) is 3.62. The maximum absolute atomic E-state index is 13.3. The zero-order valence-electron chi connectivity index (χ0n) is 10.8. The van der Waals surface area contributed by atoms with Crippen LogP contribution < -0.4 is 5.32 Å². The molecule has 100 valence electrons. The summed E-state index contributed by atoms with van der Waals surface area (Å²) in [5.74, 6) is -1.10. The quantitative estimate of drug-likeness (QED) is 0.895. The van der Waals surface area contributed by atoms with E-state index in [1.54, 1.807) is 7.05 Å². The van der Waals surface area contributed by atoms with Crippen LogP contribution >= 0.6 is 0 Å². The molecule has 1 heterocycles. The Morgan fingerprint density at radius 1 is 1.22 bits per heavy atom. The molecule has 0 saturated carbocycles. The van der Waals surface area contributed by atoms with E-state index in [9.17, 15) is 8.78 Å². The zero-order chi connectivity index (χ0) is 13.2. The van der Waals surface area contributed by atoms with Gasteiger partial charge in [-0.1, -0.05) is 0 Å². The Labute approximate surface area is 106 Å². The van der Waals surface area contributed by atoms with E-state index >= 15 is 0 Å². The summed E-state index contributed by atoms with van der Waals surface area (Å²) in [6.45, 7) is 2.70. The highest BCUT2D eigenvalue weighted by molar-refractivity contribution is 5.24. The molecule has 2 rings (SSSR count). The first-order chi connectivity index (χ1) is 8.55. The molecule has 1 fully saturated rings. The van der Waals surface area contributed by atoms with Crippen LogP contribution in [0.4, 0.5) is 8.78 Å². The summed E-state index contributed by atoms with van der Waals surface area (Å²) in [4.78, 5) is 0. The fourth-order valence-electron chi connectivity index (χ4n) is 2.75. The van der Waals surface area contributed by atoms with Gasteiger partial charge >= 0.3 is 0 Å². The molecule has 0 amide bonds. The van der Waals surface area contributed by atoms with Gasteiger partial charge in [0.25, 0.3) is 0 Å². The zero-order valence-corrected chi connectivity index (χ0v) is 10.8. The number of halogens is 2. The average Bonchev–Trinajstić information content (AvgIpc) is 2.29. The number of benzene rings is 1. The lowest BCUT2D eigenvalue weighted by Gasteiger charge is -2.40. The van der Waals surface area contributed by atoms with Gasteiger partial charge in [-0.2, -0.15) is 0 Å². The predicted octanol–water partition coefficient (Wildman–Crippen LogP) is 3.18. The van der Waals surface area contributed by atoms with E-state index in [0.29, 0.717) is 12.2 Å². The standard InChI is InChI=1S/C14H19F2NO/c1-14(5-3-4-6-18-14)13(17-2)10-7-11(15)9-12(16)8-10/h7-9,13,17H,3-6H2,1-2H3. The summed E-state index contributed by atoms with van der Waals surface area (Å²) in [5.41, 5.74) is 0.187. The molecule has 2 atom stereocenters. The molecule has 1 saturated heterocycles. The molecule has 1 aromatic rings. The number of ether oxygens (including phenoxy) is 1. The van der Waals surface area contributed by atoms with E-state index in [-0.39, 0.29) is 6.04 Å². The monoisotopic (exact) mass is 255 g/mol. The van der Waals surface area contributed by atoms with Gasteiger partial charge in [0.1, 0.15) is 11.6 Å². The first-order valence-electron chi connectivity index (χ1n) is 6.32. The molecule has 0 bridgehead atoms. The number of hydrogen-bond acceptors (Lipinski definition) is 2. The van der Waals surface area contributed by atoms with E-state index in [0.717, 1.165) is 25.3 Å². The Morgan fingerprint density at radius 3 is 2.39 bits per heavy atom. The lowest BCUT2D eigenvalue weighted by atomic mass is 9.84. The van der Waals surface area contributed by atoms with Gasteiger partial charge in [-0.15, -0.1) is 0 Å². The molecule has 0 radical (unpaired) electrons. The fraction of sp³-hybridized carbons (Fsp3) is 0.571. The van der Waals surface area contributed by atoms with E-state index < -0.39 is 17.2 Å². The van der Waals surface area contributed by atoms with Crippen LogP contribution in [-0.2, 0) is 4.74 Å². The van der Waals surface area contributed by atoms with Crippen LogP contribution in [0.2, 0.25) is 0 Å². The van der Waals surface area contributed by atoms with E-state index in [2.05, 4.69) is 5.32 Å². The Morgan fingerprint density at radius 2 is 1.89 bits per heavy atom. The van der Waals surface area contributed by atoms with Gasteiger partial charge in [-0.3, -0.25) is 0 Å². The maximum Gasteiger partial charge on any atom is 0.126 e. The third kappa shape index (κ3) is 2.70. The van der Waals surface area contributed by atoms with Crippen LogP contribution in [0.3, 0.4) is 0 Å². The Bertz CT molecular complexity index is 396. The van der Waals surface area contributed by atoms with Crippen molar-refractivity contribution in [1.82, 2.24) is 5.32 Å². The van der Waals surface area contributed by atoms with Crippen molar-refractivity contribution in [3.05, 3.63) is 35.4 Å². The molecule has 18 heavy (non-hydrogen) atoms. The Balaban J connectivity index is 2.31. The average molecular weight is 255 g/mol.